The molecule has 1 aromatic carbocycles. The molecule has 1 amide bonds. The SMILES string of the molecule is C/C=C/C=C/C(=O)N1Cc2cc(OCCc3coc(/C=C/CCCC)n3)ccc2C[C@H]1C(=O)O. The molecule has 2 aromatic rings. The number of fused-ring (bicyclic) bond motifs is 1. The molecule has 1 aliphatic rings. The summed E-state index contributed by atoms with van der Waals surface area (Å²) in [5.41, 5.74) is 2.63. The molecule has 2 heterocycles. The van der Waals surface area contributed by atoms with Crippen molar-refractivity contribution in [3.05, 3.63) is 77.6 Å². The predicted molar refractivity (Wildman–Crippen MR) is 130 cm³/mol. The molecule has 180 valence electrons. The van der Waals surface area contributed by atoms with Crippen molar-refractivity contribution >= 4 is 18.0 Å². The zero-order valence-electron chi connectivity index (χ0n) is 19.8. The van der Waals surface area contributed by atoms with Crippen molar-refractivity contribution < 1.29 is 23.8 Å². The zero-order chi connectivity index (χ0) is 24.3. The van der Waals surface area contributed by atoms with Crippen molar-refractivity contribution in [3.8, 4) is 5.75 Å². The number of carbonyl (C=O) groups excluding carboxylic acids is 1. The van der Waals surface area contributed by atoms with Gasteiger partial charge in [0.25, 0.3) is 0 Å². The van der Waals surface area contributed by atoms with Crippen molar-refractivity contribution in [2.24, 2.45) is 0 Å². The number of ether oxygens (including phenoxy) is 1. The minimum atomic E-state index is -1.01. The highest BCUT2D eigenvalue weighted by Gasteiger charge is 2.33. The molecular weight excluding hydrogens is 432 g/mol. The van der Waals surface area contributed by atoms with Crippen LogP contribution in [0.2, 0.25) is 0 Å². The summed E-state index contributed by atoms with van der Waals surface area (Å²) in [6.07, 6.45) is 16.3. The van der Waals surface area contributed by atoms with E-state index in [0.29, 0.717) is 24.7 Å². The maximum Gasteiger partial charge on any atom is 0.326 e. The van der Waals surface area contributed by atoms with E-state index >= 15 is 0 Å². The molecule has 0 fully saturated rings. The van der Waals surface area contributed by atoms with E-state index in [1.54, 1.807) is 24.5 Å². The molecule has 0 spiro atoms. The molecule has 1 N–H and O–H groups in total. The highest BCUT2D eigenvalue weighted by Crippen LogP contribution is 2.27. The van der Waals surface area contributed by atoms with E-state index in [1.165, 1.54) is 11.0 Å². The van der Waals surface area contributed by atoms with Gasteiger partial charge in [0.1, 0.15) is 18.1 Å². The van der Waals surface area contributed by atoms with Gasteiger partial charge in [-0.3, -0.25) is 4.79 Å². The van der Waals surface area contributed by atoms with E-state index in [0.717, 1.165) is 36.1 Å². The van der Waals surface area contributed by atoms with E-state index in [-0.39, 0.29) is 18.9 Å². The van der Waals surface area contributed by atoms with Gasteiger partial charge in [0.2, 0.25) is 11.8 Å². The van der Waals surface area contributed by atoms with Gasteiger partial charge in [0.05, 0.1) is 12.3 Å². The average Bonchev–Trinajstić information content (AvgIpc) is 3.28. The third-order valence-corrected chi connectivity index (χ3v) is 5.60. The Morgan fingerprint density at radius 3 is 2.91 bits per heavy atom. The fourth-order valence-corrected chi connectivity index (χ4v) is 3.74. The van der Waals surface area contributed by atoms with E-state index in [9.17, 15) is 14.7 Å². The maximum absolute atomic E-state index is 12.6. The molecule has 0 aliphatic carbocycles. The smallest absolute Gasteiger partial charge is 0.326 e. The lowest BCUT2D eigenvalue weighted by atomic mass is 9.93. The number of amides is 1. The van der Waals surface area contributed by atoms with Crippen molar-refractivity contribution in [2.45, 2.75) is 58.5 Å². The molecule has 0 bridgehead atoms. The van der Waals surface area contributed by atoms with Gasteiger partial charge >= 0.3 is 5.97 Å². The summed E-state index contributed by atoms with van der Waals surface area (Å²) in [7, 11) is 0. The Balaban J connectivity index is 1.60. The lowest BCUT2D eigenvalue weighted by Gasteiger charge is -2.34. The van der Waals surface area contributed by atoms with Crippen LogP contribution < -0.4 is 4.74 Å². The van der Waals surface area contributed by atoms with Crippen LogP contribution in [-0.2, 0) is 29.0 Å². The summed E-state index contributed by atoms with van der Waals surface area (Å²) in [6.45, 7) is 4.66. The largest absolute Gasteiger partial charge is 0.493 e. The van der Waals surface area contributed by atoms with Crippen molar-refractivity contribution in [3.63, 3.8) is 0 Å². The third-order valence-electron chi connectivity index (χ3n) is 5.60. The van der Waals surface area contributed by atoms with Gasteiger partial charge in [-0.25, -0.2) is 9.78 Å². The molecule has 1 aromatic heterocycles. The lowest BCUT2D eigenvalue weighted by molar-refractivity contribution is -0.149. The standard InChI is InChI=1S/C27H32N2O5/c1-3-5-7-9-10-25-28-22(19-34-25)14-15-33-23-13-12-20-17-24(27(31)32)29(18-21(20)16-23)26(30)11-8-6-4-2/h4,6,8-13,16,19,24H,3,5,7,14-15,17-18H2,1-2H3,(H,31,32)/b6-4+,10-9+,11-8+/t24-/m0/s1. The second-order valence-electron chi connectivity index (χ2n) is 8.16. The monoisotopic (exact) mass is 464 g/mol. The van der Waals surface area contributed by atoms with Gasteiger partial charge in [-0.1, -0.05) is 50.1 Å². The number of carboxylic acids is 1. The zero-order valence-corrected chi connectivity index (χ0v) is 19.8. The molecule has 0 radical (unpaired) electrons. The number of hydrogen-bond donors (Lipinski definition) is 1. The number of benzene rings is 1. The predicted octanol–water partition coefficient (Wildman–Crippen LogP) is 4.97. The molecular formula is C27H32N2O5. The fraction of sp³-hybridized carbons (Fsp3) is 0.370. The second-order valence-corrected chi connectivity index (χ2v) is 8.16. The van der Waals surface area contributed by atoms with Gasteiger partial charge in [-0.05, 0) is 42.7 Å². The van der Waals surface area contributed by atoms with Gasteiger partial charge in [-0.2, -0.15) is 0 Å². The van der Waals surface area contributed by atoms with Gasteiger partial charge in [0.15, 0.2) is 0 Å². The Labute approximate surface area is 200 Å². The van der Waals surface area contributed by atoms with Crippen molar-refractivity contribution in [1.82, 2.24) is 9.88 Å². The third kappa shape index (κ3) is 6.94. The number of allylic oxidation sites excluding steroid dienone is 4. The molecule has 3 rings (SSSR count). The first-order valence-electron chi connectivity index (χ1n) is 11.7. The first-order chi connectivity index (χ1) is 16.5. The van der Waals surface area contributed by atoms with Crippen molar-refractivity contribution in [1.29, 1.82) is 0 Å². The van der Waals surface area contributed by atoms with Crippen LogP contribution in [0, 0.1) is 0 Å². The number of carboxylic acid groups (broad SMARTS) is 1. The minimum Gasteiger partial charge on any atom is -0.493 e. The number of aromatic nitrogens is 1. The molecule has 7 heteroatoms. The van der Waals surface area contributed by atoms with Crippen LogP contribution >= 0.6 is 0 Å². The van der Waals surface area contributed by atoms with Gasteiger partial charge in [0, 0.05) is 25.5 Å². The average molecular weight is 465 g/mol. The second kappa shape index (κ2) is 12.6. The summed E-state index contributed by atoms with van der Waals surface area (Å²) >= 11 is 0. The molecule has 34 heavy (non-hydrogen) atoms. The first kappa shape index (κ1) is 25.0. The Bertz CT molecular complexity index is 1070. The van der Waals surface area contributed by atoms with E-state index in [1.807, 2.05) is 31.2 Å². The van der Waals surface area contributed by atoms with Crippen LogP contribution in [0.3, 0.4) is 0 Å². The number of aliphatic carboxylic acids is 1. The van der Waals surface area contributed by atoms with Gasteiger partial charge < -0.3 is 19.2 Å². The number of unbranched alkanes of at least 4 members (excludes halogenated alkanes) is 2. The highest BCUT2D eigenvalue weighted by atomic mass is 16.5. The number of rotatable bonds is 11. The molecule has 0 saturated heterocycles. The van der Waals surface area contributed by atoms with Crippen LogP contribution in [0.1, 0.15) is 55.8 Å². The van der Waals surface area contributed by atoms with Crippen LogP contribution in [0.15, 0.2) is 59.3 Å². The summed E-state index contributed by atoms with van der Waals surface area (Å²) in [6, 6.07) is 4.72. The van der Waals surface area contributed by atoms with Crippen LogP contribution in [-0.4, -0.2) is 39.5 Å². The van der Waals surface area contributed by atoms with E-state index < -0.39 is 12.0 Å². The summed E-state index contributed by atoms with van der Waals surface area (Å²) < 4.78 is 11.4. The first-order valence-corrected chi connectivity index (χ1v) is 11.7. The number of hydrogen-bond acceptors (Lipinski definition) is 5. The molecule has 1 aliphatic heterocycles. The fourth-order valence-electron chi connectivity index (χ4n) is 3.74. The molecule has 7 nitrogen and oxygen atoms in total. The Kier molecular flexibility index (Phi) is 9.26. The number of nitrogens with zero attached hydrogens (tertiary/aromatic N) is 2. The Morgan fingerprint density at radius 2 is 2.15 bits per heavy atom. The topological polar surface area (TPSA) is 92.9 Å². The Hall–Kier alpha value is -3.61. The minimum absolute atomic E-state index is 0.222. The summed E-state index contributed by atoms with van der Waals surface area (Å²) in [5, 5.41) is 9.63. The summed E-state index contributed by atoms with van der Waals surface area (Å²) in [5.74, 6) is -0.0623. The number of oxazole rings is 1. The maximum atomic E-state index is 12.6. The van der Waals surface area contributed by atoms with Crippen LogP contribution in [0.5, 0.6) is 5.75 Å². The van der Waals surface area contributed by atoms with Gasteiger partial charge in [-0.15, -0.1) is 0 Å². The van der Waals surface area contributed by atoms with E-state index in [2.05, 4.69) is 18.0 Å². The quantitative estimate of drug-likeness (QED) is 0.287. The highest BCUT2D eigenvalue weighted by molar-refractivity contribution is 5.92. The van der Waals surface area contributed by atoms with Crippen LogP contribution in [0.4, 0.5) is 0 Å². The molecule has 0 saturated carbocycles. The number of carbonyl (C=O) groups is 2. The lowest BCUT2D eigenvalue weighted by Crippen LogP contribution is -2.48. The van der Waals surface area contributed by atoms with Crippen LogP contribution in [0.25, 0.3) is 6.08 Å². The van der Waals surface area contributed by atoms with E-state index in [4.69, 9.17) is 9.15 Å². The molecule has 0 unspecified atom stereocenters. The molecule has 1 atom stereocenters. The van der Waals surface area contributed by atoms with Crippen molar-refractivity contribution in [2.75, 3.05) is 6.61 Å². The summed E-state index contributed by atoms with van der Waals surface area (Å²) in [4.78, 5) is 30.2. The normalized spacial score (nSPS) is 15.9. The Morgan fingerprint density at radius 1 is 1.29 bits per heavy atom.